The van der Waals surface area contributed by atoms with Crippen LogP contribution >= 0.6 is 0 Å². The largest absolute Gasteiger partial charge is 0.284 e. The Hall–Kier alpha value is -1.89. The lowest BCUT2D eigenvalue weighted by Gasteiger charge is -2.20. The second-order valence-corrected chi connectivity index (χ2v) is 5.04. The Balaban J connectivity index is 1.97. The van der Waals surface area contributed by atoms with Crippen LogP contribution in [0.4, 0.5) is 0 Å². The SMILES string of the molecule is Cc1cc2c(cc1C)CC(c1ccccc1)N=C2. The van der Waals surface area contributed by atoms with E-state index in [1.54, 1.807) is 0 Å². The molecule has 0 bridgehead atoms. The Bertz CT molecular complexity index is 597. The van der Waals surface area contributed by atoms with Crippen molar-refractivity contribution in [3.63, 3.8) is 0 Å². The Morgan fingerprint density at radius 1 is 1.00 bits per heavy atom. The molecule has 1 heteroatoms. The highest BCUT2D eigenvalue weighted by molar-refractivity contribution is 5.83. The van der Waals surface area contributed by atoms with Crippen molar-refractivity contribution >= 4 is 6.21 Å². The van der Waals surface area contributed by atoms with Crippen LogP contribution in [0.15, 0.2) is 47.5 Å². The van der Waals surface area contributed by atoms with Gasteiger partial charge in [-0.1, -0.05) is 36.4 Å². The van der Waals surface area contributed by atoms with Gasteiger partial charge in [-0.3, -0.25) is 4.99 Å². The van der Waals surface area contributed by atoms with Gasteiger partial charge >= 0.3 is 0 Å². The molecule has 2 aromatic carbocycles. The van der Waals surface area contributed by atoms with Crippen LogP contribution in [0.3, 0.4) is 0 Å². The van der Waals surface area contributed by atoms with Crippen LogP contribution in [0, 0.1) is 13.8 Å². The van der Waals surface area contributed by atoms with E-state index in [0.717, 1.165) is 6.42 Å². The van der Waals surface area contributed by atoms with Gasteiger partial charge in [-0.15, -0.1) is 0 Å². The van der Waals surface area contributed by atoms with Crippen LogP contribution in [-0.2, 0) is 6.42 Å². The molecule has 0 radical (unpaired) electrons. The van der Waals surface area contributed by atoms with Crippen LogP contribution in [0.2, 0.25) is 0 Å². The Labute approximate surface area is 108 Å². The maximum atomic E-state index is 4.69. The van der Waals surface area contributed by atoms with Gasteiger partial charge in [-0.2, -0.15) is 0 Å². The van der Waals surface area contributed by atoms with Gasteiger partial charge in [0.15, 0.2) is 0 Å². The van der Waals surface area contributed by atoms with Crippen LogP contribution in [0.1, 0.15) is 33.9 Å². The number of aliphatic imine (C=N–C) groups is 1. The van der Waals surface area contributed by atoms with E-state index in [4.69, 9.17) is 0 Å². The van der Waals surface area contributed by atoms with E-state index in [0.29, 0.717) is 0 Å². The Morgan fingerprint density at radius 2 is 1.72 bits per heavy atom. The fourth-order valence-electron chi connectivity index (χ4n) is 2.51. The molecule has 0 amide bonds. The van der Waals surface area contributed by atoms with Crippen molar-refractivity contribution in [2.45, 2.75) is 26.3 Å². The Morgan fingerprint density at radius 3 is 2.50 bits per heavy atom. The summed E-state index contributed by atoms with van der Waals surface area (Å²) in [6, 6.07) is 15.4. The number of aryl methyl sites for hydroxylation is 2. The molecule has 3 rings (SSSR count). The maximum absolute atomic E-state index is 4.69. The number of benzene rings is 2. The second-order valence-electron chi connectivity index (χ2n) is 5.04. The predicted molar refractivity (Wildman–Crippen MR) is 76.4 cm³/mol. The van der Waals surface area contributed by atoms with E-state index < -0.39 is 0 Å². The molecule has 90 valence electrons. The molecule has 1 atom stereocenters. The summed E-state index contributed by atoms with van der Waals surface area (Å²) in [7, 11) is 0. The molecule has 0 aromatic heterocycles. The zero-order valence-corrected chi connectivity index (χ0v) is 10.9. The number of hydrogen-bond donors (Lipinski definition) is 0. The molecule has 1 heterocycles. The monoisotopic (exact) mass is 235 g/mol. The number of fused-ring (bicyclic) bond motifs is 1. The van der Waals surface area contributed by atoms with Crippen molar-refractivity contribution < 1.29 is 0 Å². The predicted octanol–water partition coefficient (Wildman–Crippen LogP) is 4.02. The minimum Gasteiger partial charge on any atom is -0.284 e. The molecule has 1 aliphatic heterocycles. The third-order valence-electron chi connectivity index (χ3n) is 3.75. The molecule has 0 aliphatic carbocycles. The molecular weight excluding hydrogens is 218 g/mol. The van der Waals surface area contributed by atoms with Gasteiger partial charge in [0.25, 0.3) is 0 Å². The summed E-state index contributed by atoms with van der Waals surface area (Å²) in [4.78, 5) is 4.69. The van der Waals surface area contributed by atoms with Gasteiger partial charge < -0.3 is 0 Å². The van der Waals surface area contributed by atoms with Crippen molar-refractivity contribution in [1.29, 1.82) is 0 Å². The van der Waals surface area contributed by atoms with E-state index >= 15 is 0 Å². The average molecular weight is 235 g/mol. The molecule has 0 fully saturated rings. The fourth-order valence-corrected chi connectivity index (χ4v) is 2.51. The highest BCUT2D eigenvalue weighted by Gasteiger charge is 2.17. The molecule has 1 unspecified atom stereocenters. The van der Waals surface area contributed by atoms with Crippen LogP contribution in [-0.4, -0.2) is 6.21 Å². The van der Waals surface area contributed by atoms with Gasteiger partial charge in [0.2, 0.25) is 0 Å². The molecular formula is C17H17N. The number of rotatable bonds is 1. The summed E-state index contributed by atoms with van der Waals surface area (Å²) >= 11 is 0. The molecule has 0 saturated heterocycles. The second kappa shape index (κ2) is 4.41. The molecule has 18 heavy (non-hydrogen) atoms. The average Bonchev–Trinajstić information content (AvgIpc) is 2.41. The van der Waals surface area contributed by atoms with E-state index in [1.165, 1.54) is 27.8 Å². The minimum absolute atomic E-state index is 0.279. The first-order chi connectivity index (χ1) is 8.74. The molecule has 1 nitrogen and oxygen atoms in total. The smallest absolute Gasteiger partial charge is 0.0789 e. The molecule has 0 saturated carbocycles. The third kappa shape index (κ3) is 1.97. The Kier molecular flexibility index (Phi) is 2.75. The summed E-state index contributed by atoms with van der Waals surface area (Å²) in [6.07, 6.45) is 3.04. The summed E-state index contributed by atoms with van der Waals surface area (Å²) in [5, 5.41) is 0. The lowest BCUT2D eigenvalue weighted by Crippen LogP contribution is -2.09. The summed E-state index contributed by atoms with van der Waals surface area (Å²) in [5.74, 6) is 0. The minimum atomic E-state index is 0.279. The topological polar surface area (TPSA) is 12.4 Å². The van der Waals surface area contributed by atoms with Gasteiger partial charge in [-0.05, 0) is 54.2 Å². The zero-order chi connectivity index (χ0) is 12.5. The maximum Gasteiger partial charge on any atom is 0.0789 e. The lowest BCUT2D eigenvalue weighted by atomic mass is 9.91. The number of nitrogens with zero attached hydrogens (tertiary/aromatic N) is 1. The van der Waals surface area contributed by atoms with Crippen molar-refractivity contribution in [2.75, 3.05) is 0 Å². The standard InChI is InChI=1S/C17H17N/c1-12-8-15-10-17(14-6-4-3-5-7-14)18-11-16(15)9-13(12)2/h3-9,11,17H,10H2,1-2H3. The summed E-state index contributed by atoms with van der Waals surface area (Å²) < 4.78 is 0. The van der Waals surface area contributed by atoms with E-state index in [-0.39, 0.29) is 6.04 Å². The van der Waals surface area contributed by atoms with Crippen LogP contribution in [0.5, 0.6) is 0 Å². The normalized spacial score (nSPS) is 17.6. The lowest BCUT2D eigenvalue weighted by molar-refractivity contribution is 0.716. The van der Waals surface area contributed by atoms with Crippen molar-refractivity contribution in [3.05, 3.63) is 70.3 Å². The molecule has 1 aliphatic rings. The fraction of sp³-hybridized carbons (Fsp3) is 0.235. The van der Waals surface area contributed by atoms with E-state index in [2.05, 4.69) is 61.3 Å². The van der Waals surface area contributed by atoms with E-state index in [1.807, 2.05) is 6.21 Å². The third-order valence-corrected chi connectivity index (χ3v) is 3.75. The first-order valence-corrected chi connectivity index (χ1v) is 6.42. The van der Waals surface area contributed by atoms with E-state index in [9.17, 15) is 0 Å². The highest BCUT2D eigenvalue weighted by atomic mass is 14.8. The highest BCUT2D eigenvalue weighted by Crippen LogP contribution is 2.28. The van der Waals surface area contributed by atoms with Gasteiger partial charge in [0, 0.05) is 6.21 Å². The first-order valence-electron chi connectivity index (χ1n) is 6.42. The zero-order valence-electron chi connectivity index (χ0n) is 10.9. The van der Waals surface area contributed by atoms with Crippen molar-refractivity contribution in [3.8, 4) is 0 Å². The molecule has 2 aromatic rings. The van der Waals surface area contributed by atoms with Crippen LogP contribution in [0.25, 0.3) is 0 Å². The quantitative estimate of drug-likeness (QED) is 0.708. The van der Waals surface area contributed by atoms with Gasteiger partial charge in [0.1, 0.15) is 0 Å². The van der Waals surface area contributed by atoms with Crippen molar-refractivity contribution in [2.24, 2.45) is 4.99 Å². The number of hydrogen-bond acceptors (Lipinski definition) is 1. The van der Waals surface area contributed by atoms with Crippen molar-refractivity contribution in [1.82, 2.24) is 0 Å². The molecule has 0 N–H and O–H groups in total. The van der Waals surface area contributed by atoms with Gasteiger partial charge in [-0.25, -0.2) is 0 Å². The molecule has 0 spiro atoms. The first kappa shape index (κ1) is 11.2. The summed E-state index contributed by atoms with van der Waals surface area (Å²) in [5.41, 5.74) is 6.72. The van der Waals surface area contributed by atoms with Gasteiger partial charge in [0.05, 0.1) is 6.04 Å². The summed E-state index contributed by atoms with van der Waals surface area (Å²) in [6.45, 7) is 4.34. The van der Waals surface area contributed by atoms with Crippen LogP contribution < -0.4 is 0 Å².